The fourth-order valence-corrected chi connectivity index (χ4v) is 3.26. The van der Waals surface area contributed by atoms with E-state index in [1.165, 1.54) is 0 Å². The highest BCUT2D eigenvalue weighted by atomic mass is 32.1. The smallest absolute Gasteiger partial charge is 0.172 e. The number of hydrogen-bond acceptors (Lipinski definition) is 4. The largest absolute Gasteiger partial charge is 0.497 e. The van der Waals surface area contributed by atoms with Crippen molar-refractivity contribution < 1.29 is 9.47 Å². The number of nitrogens with zero attached hydrogens (tertiary/aromatic N) is 1. The molecule has 1 aromatic heterocycles. The summed E-state index contributed by atoms with van der Waals surface area (Å²) in [5, 5.41) is 7.09. The summed E-state index contributed by atoms with van der Waals surface area (Å²) >= 11 is 5.49. The Morgan fingerprint density at radius 1 is 1.32 bits per heavy atom. The molecule has 1 aromatic carbocycles. The van der Waals surface area contributed by atoms with Crippen molar-refractivity contribution in [3.8, 4) is 11.5 Å². The van der Waals surface area contributed by atoms with Gasteiger partial charge in [-0.2, -0.15) is 0 Å². The second-order valence-corrected chi connectivity index (χ2v) is 7.19. The Morgan fingerprint density at radius 3 is 2.84 bits per heavy atom. The predicted octanol–water partition coefficient (Wildman–Crippen LogP) is 3.99. The van der Waals surface area contributed by atoms with Crippen molar-refractivity contribution in [3.05, 3.63) is 47.7 Å². The van der Waals surface area contributed by atoms with Crippen molar-refractivity contribution >= 4 is 23.1 Å². The number of rotatable bonds is 3. The van der Waals surface area contributed by atoms with E-state index in [1.807, 2.05) is 43.3 Å². The lowest BCUT2D eigenvalue weighted by Crippen LogP contribution is -2.42. The van der Waals surface area contributed by atoms with Gasteiger partial charge in [0.15, 0.2) is 5.11 Å². The maximum atomic E-state index is 6.11. The molecule has 1 unspecified atom stereocenters. The third-order valence-corrected chi connectivity index (χ3v) is 4.33. The molecule has 0 aliphatic carbocycles. The Hall–Kier alpha value is -2.34. The molecule has 132 valence electrons. The first-order valence-corrected chi connectivity index (χ1v) is 8.65. The van der Waals surface area contributed by atoms with Crippen LogP contribution in [0.1, 0.15) is 37.6 Å². The Kier molecular flexibility index (Phi) is 4.81. The first-order valence-electron chi connectivity index (χ1n) is 8.24. The van der Waals surface area contributed by atoms with Gasteiger partial charge in [0.1, 0.15) is 22.9 Å². The number of aryl methyl sites for hydroxylation is 1. The van der Waals surface area contributed by atoms with E-state index in [0.29, 0.717) is 5.11 Å². The van der Waals surface area contributed by atoms with E-state index in [4.69, 9.17) is 21.7 Å². The van der Waals surface area contributed by atoms with Gasteiger partial charge >= 0.3 is 0 Å². The van der Waals surface area contributed by atoms with E-state index in [0.717, 1.165) is 35.0 Å². The van der Waals surface area contributed by atoms with Crippen LogP contribution in [0.5, 0.6) is 11.5 Å². The topological polar surface area (TPSA) is 55.4 Å². The molecule has 3 rings (SSSR count). The number of fused-ring (bicyclic) bond motifs is 1. The molecule has 25 heavy (non-hydrogen) atoms. The fourth-order valence-electron chi connectivity index (χ4n) is 3.01. The van der Waals surface area contributed by atoms with Crippen LogP contribution in [0, 0.1) is 6.92 Å². The van der Waals surface area contributed by atoms with Gasteiger partial charge in [-0.15, -0.1) is 0 Å². The Morgan fingerprint density at radius 2 is 2.12 bits per heavy atom. The fraction of sp³-hybridized carbons (Fsp3) is 0.368. The van der Waals surface area contributed by atoms with E-state index >= 15 is 0 Å². The average molecular weight is 357 g/mol. The summed E-state index contributed by atoms with van der Waals surface area (Å²) in [6, 6.07) is 11.7. The summed E-state index contributed by atoms with van der Waals surface area (Å²) in [5.41, 5.74) is 1.72. The number of benzene rings is 1. The minimum absolute atomic E-state index is 0.0504. The molecule has 0 amide bonds. The molecule has 2 N–H and O–H groups in total. The molecule has 0 radical (unpaired) electrons. The van der Waals surface area contributed by atoms with Gasteiger partial charge in [0.2, 0.25) is 0 Å². The predicted molar refractivity (Wildman–Crippen MR) is 103 cm³/mol. The molecule has 1 aliphatic heterocycles. The van der Waals surface area contributed by atoms with Gasteiger partial charge in [0, 0.05) is 23.7 Å². The molecule has 0 spiro atoms. The summed E-state index contributed by atoms with van der Waals surface area (Å²) in [5.74, 6) is 2.34. The van der Waals surface area contributed by atoms with Gasteiger partial charge < -0.3 is 20.1 Å². The number of aromatic nitrogens is 1. The van der Waals surface area contributed by atoms with E-state index in [2.05, 4.69) is 29.5 Å². The number of anilines is 1. The zero-order chi connectivity index (χ0) is 18.0. The van der Waals surface area contributed by atoms with Gasteiger partial charge in [0.25, 0.3) is 0 Å². The molecule has 5 nitrogen and oxygen atoms in total. The van der Waals surface area contributed by atoms with Crippen molar-refractivity contribution in [1.82, 2.24) is 10.3 Å². The summed E-state index contributed by atoms with van der Waals surface area (Å²) in [7, 11) is 1.65. The zero-order valence-corrected chi connectivity index (χ0v) is 15.7. The van der Waals surface area contributed by atoms with Crippen molar-refractivity contribution in [1.29, 1.82) is 0 Å². The van der Waals surface area contributed by atoms with Crippen molar-refractivity contribution in [2.24, 2.45) is 0 Å². The van der Waals surface area contributed by atoms with Gasteiger partial charge in [-0.25, -0.2) is 4.98 Å². The van der Waals surface area contributed by atoms with Gasteiger partial charge in [0.05, 0.1) is 13.2 Å². The maximum absolute atomic E-state index is 6.11. The summed E-state index contributed by atoms with van der Waals surface area (Å²) in [4.78, 5) is 4.42. The minimum atomic E-state index is -0.297. The lowest BCUT2D eigenvalue weighted by Gasteiger charge is -2.38. The summed E-state index contributed by atoms with van der Waals surface area (Å²) in [6.45, 7) is 6.09. The van der Waals surface area contributed by atoms with Crippen LogP contribution >= 0.6 is 12.2 Å². The quantitative estimate of drug-likeness (QED) is 0.810. The lowest BCUT2D eigenvalue weighted by atomic mass is 9.89. The second kappa shape index (κ2) is 6.88. The minimum Gasteiger partial charge on any atom is -0.497 e. The number of nitrogens with one attached hydrogen (secondary N) is 2. The van der Waals surface area contributed by atoms with Gasteiger partial charge in [-0.05, 0) is 57.3 Å². The van der Waals surface area contributed by atoms with Crippen molar-refractivity contribution in [2.75, 3.05) is 12.4 Å². The van der Waals surface area contributed by atoms with E-state index < -0.39 is 0 Å². The highest BCUT2D eigenvalue weighted by molar-refractivity contribution is 7.80. The molecule has 2 heterocycles. The van der Waals surface area contributed by atoms with Gasteiger partial charge in [-0.3, -0.25) is 0 Å². The van der Waals surface area contributed by atoms with Crippen molar-refractivity contribution in [2.45, 2.75) is 38.8 Å². The number of methoxy groups -OCH3 is 1. The number of thiocarbonyl (C=S) groups is 1. The summed E-state index contributed by atoms with van der Waals surface area (Å²) < 4.78 is 11.4. The van der Waals surface area contributed by atoms with Crippen LogP contribution in [0.4, 0.5) is 5.82 Å². The van der Waals surface area contributed by atoms with Crippen LogP contribution in [-0.4, -0.2) is 22.8 Å². The molecule has 0 saturated carbocycles. The highest BCUT2D eigenvalue weighted by Crippen LogP contribution is 2.41. The van der Waals surface area contributed by atoms with Gasteiger partial charge in [-0.1, -0.05) is 6.07 Å². The molecule has 2 aromatic rings. The molecule has 0 bridgehead atoms. The normalized spacial score (nSPS) is 17.8. The summed E-state index contributed by atoms with van der Waals surface area (Å²) in [6.07, 6.45) is 0.801. The van der Waals surface area contributed by atoms with Crippen LogP contribution < -0.4 is 20.1 Å². The zero-order valence-electron chi connectivity index (χ0n) is 14.9. The standard InChI is InChI=1S/C19H23N3O2S/c1-12-6-5-7-17(20-12)22-18(25)21-15-11-19(2,3)24-16-10-13(23-4)8-9-14(15)16/h5-10,15H,11H2,1-4H3,(H2,20,21,22,25). The highest BCUT2D eigenvalue weighted by Gasteiger charge is 2.34. The number of hydrogen-bond donors (Lipinski definition) is 2. The molecule has 1 atom stereocenters. The first-order chi connectivity index (χ1) is 11.9. The molecule has 1 aliphatic rings. The van der Waals surface area contributed by atoms with E-state index in [1.54, 1.807) is 7.11 Å². The Bertz CT molecular complexity index is 792. The third-order valence-electron chi connectivity index (χ3n) is 4.11. The van der Waals surface area contributed by atoms with Crippen LogP contribution in [0.15, 0.2) is 36.4 Å². The van der Waals surface area contributed by atoms with Crippen LogP contribution in [0.2, 0.25) is 0 Å². The van der Waals surface area contributed by atoms with Crippen LogP contribution in [0.3, 0.4) is 0 Å². The van der Waals surface area contributed by atoms with E-state index in [9.17, 15) is 0 Å². The number of pyridine rings is 1. The van der Waals surface area contributed by atoms with Crippen LogP contribution in [0.25, 0.3) is 0 Å². The molecule has 0 fully saturated rings. The Balaban J connectivity index is 1.79. The molecular weight excluding hydrogens is 334 g/mol. The first kappa shape index (κ1) is 17.5. The van der Waals surface area contributed by atoms with Crippen LogP contribution in [-0.2, 0) is 0 Å². The maximum Gasteiger partial charge on any atom is 0.172 e. The molecule has 6 heteroatoms. The monoisotopic (exact) mass is 357 g/mol. The SMILES string of the molecule is COc1ccc2c(c1)OC(C)(C)CC2NC(=S)Nc1cccc(C)n1. The third kappa shape index (κ3) is 4.20. The van der Waals surface area contributed by atoms with E-state index in [-0.39, 0.29) is 11.6 Å². The second-order valence-electron chi connectivity index (χ2n) is 6.78. The molecule has 0 saturated heterocycles. The number of ether oxygens (including phenoxy) is 2. The Labute approximate surface area is 153 Å². The lowest BCUT2D eigenvalue weighted by molar-refractivity contribution is 0.0693. The molecular formula is C19H23N3O2S. The average Bonchev–Trinajstić information content (AvgIpc) is 2.53. The van der Waals surface area contributed by atoms with Crippen molar-refractivity contribution in [3.63, 3.8) is 0 Å².